The smallest absolute Gasteiger partial charge is 0.350 e. The van der Waals surface area contributed by atoms with Gasteiger partial charge in [0.2, 0.25) is 11.8 Å². The van der Waals surface area contributed by atoms with Crippen LogP contribution in [0.4, 0.5) is 18.9 Å². The van der Waals surface area contributed by atoms with E-state index >= 15 is 0 Å². The van der Waals surface area contributed by atoms with Crippen molar-refractivity contribution in [3.05, 3.63) is 95.1 Å². The third-order valence-corrected chi connectivity index (χ3v) is 8.40. The van der Waals surface area contributed by atoms with Gasteiger partial charge in [-0.15, -0.1) is 0 Å². The molecule has 0 aliphatic heterocycles. The monoisotopic (exact) mass is 603 g/mol. The summed E-state index contributed by atoms with van der Waals surface area (Å²) in [6.07, 6.45) is -4.74. The first-order valence-electron chi connectivity index (χ1n) is 13.3. The molecule has 11 heteroatoms. The van der Waals surface area contributed by atoms with Crippen molar-refractivity contribution in [3.8, 4) is 0 Å². The molecule has 0 heterocycles. The van der Waals surface area contributed by atoms with Crippen LogP contribution in [0.1, 0.15) is 49.9 Å². The highest BCUT2D eigenvalue weighted by atomic mass is 32.2. The van der Waals surface area contributed by atoms with Gasteiger partial charge in [0.25, 0.3) is 10.0 Å². The highest BCUT2D eigenvalue weighted by Crippen LogP contribution is 2.33. The van der Waals surface area contributed by atoms with E-state index in [0.29, 0.717) is 10.4 Å². The minimum absolute atomic E-state index is 0.0226. The van der Waals surface area contributed by atoms with Crippen molar-refractivity contribution in [1.29, 1.82) is 0 Å². The first-order chi connectivity index (χ1) is 19.4. The molecule has 42 heavy (non-hydrogen) atoms. The van der Waals surface area contributed by atoms with Crippen molar-refractivity contribution < 1.29 is 31.2 Å². The number of aryl methyl sites for hydroxylation is 2. The van der Waals surface area contributed by atoms with Crippen LogP contribution in [0.15, 0.2) is 77.7 Å². The zero-order chi connectivity index (χ0) is 31.5. The third-order valence-electron chi connectivity index (χ3n) is 6.62. The van der Waals surface area contributed by atoms with Crippen LogP contribution in [0.25, 0.3) is 0 Å². The van der Waals surface area contributed by atoms with Gasteiger partial charge in [0, 0.05) is 12.1 Å². The highest BCUT2D eigenvalue weighted by molar-refractivity contribution is 7.92. The Morgan fingerprint density at radius 2 is 1.52 bits per heavy atom. The Hall–Kier alpha value is -3.86. The number of benzene rings is 3. The van der Waals surface area contributed by atoms with E-state index in [9.17, 15) is 31.2 Å². The normalized spacial score (nSPS) is 12.9. The lowest BCUT2D eigenvalue weighted by Crippen LogP contribution is -2.54. The van der Waals surface area contributed by atoms with Crippen molar-refractivity contribution in [1.82, 2.24) is 10.2 Å². The lowest BCUT2D eigenvalue weighted by molar-refractivity contribution is -0.140. The Bertz CT molecular complexity index is 1530. The number of carbonyl (C=O) groups excluding carboxylic acids is 2. The number of hydrogen-bond donors (Lipinski definition) is 1. The summed E-state index contributed by atoms with van der Waals surface area (Å²) in [7, 11) is -4.50. The van der Waals surface area contributed by atoms with Gasteiger partial charge in [0.05, 0.1) is 16.1 Å². The summed E-state index contributed by atoms with van der Waals surface area (Å²) in [5.41, 5.74) is 0.349. The number of rotatable bonds is 9. The number of alkyl halides is 3. The lowest BCUT2D eigenvalue weighted by atomic mass is 10.1. The van der Waals surface area contributed by atoms with Crippen molar-refractivity contribution >= 4 is 27.5 Å². The number of halogens is 3. The fourth-order valence-corrected chi connectivity index (χ4v) is 5.64. The number of amides is 2. The van der Waals surface area contributed by atoms with E-state index < -0.39 is 51.7 Å². The molecule has 0 radical (unpaired) electrons. The molecule has 3 rings (SSSR count). The fraction of sp³-hybridized carbons (Fsp3) is 0.355. The summed E-state index contributed by atoms with van der Waals surface area (Å²) in [6, 6.07) is 15.8. The predicted octanol–water partition coefficient (Wildman–Crippen LogP) is 5.85. The minimum atomic E-state index is -4.74. The molecule has 0 bridgehead atoms. The van der Waals surface area contributed by atoms with Crippen LogP contribution in [-0.4, -0.2) is 43.3 Å². The van der Waals surface area contributed by atoms with Gasteiger partial charge in [-0.05, 0) is 83.0 Å². The number of carbonyl (C=O) groups is 2. The molecule has 0 aliphatic carbocycles. The molecule has 1 atom stereocenters. The molecule has 0 aliphatic rings. The molecule has 0 saturated carbocycles. The first kappa shape index (κ1) is 32.7. The van der Waals surface area contributed by atoms with Crippen LogP contribution in [0.3, 0.4) is 0 Å². The molecule has 226 valence electrons. The molecule has 1 unspecified atom stereocenters. The molecule has 3 aromatic carbocycles. The van der Waals surface area contributed by atoms with Gasteiger partial charge in [0.15, 0.2) is 0 Å². The van der Waals surface area contributed by atoms with Crippen LogP contribution in [0, 0.1) is 13.8 Å². The van der Waals surface area contributed by atoms with Gasteiger partial charge >= 0.3 is 6.18 Å². The second-order valence-corrected chi connectivity index (χ2v) is 13.1. The molecule has 3 aromatic rings. The van der Waals surface area contributed by atoms with Crippen LogP contribution in [0.2, 0.25) is 0 Å². The summed E-state index contributed by atoms with van der Waals surface area (Å²) >= 11 is 0. The zero-order valence-corrected chi connectivity index (χ0v) is 25.3. The van der Waals surface area contributed by atoms with Gasteiger partial charge in [-0.1, -0.05) is 48.0 Å². The molecular weight excluding hydrogens is 567 g/mol. The number of hydrogen-bond acceptors (Lipinski definition) is 4. The second-order valence-electron chi connectivity index (χ2n) is 11.2. The number of nitrogens with zero attached hydrogens (tertiary/aromatic N) is 2. The van der Waals surface area contributed by atoms with E-state index in [4.69, 9.17) is 0 Å². The van der Waals surface area contributed by atoms with Gasteiger partial charge in [0.1, 0.15) is 12.6 Å². The van der Waals surface area contributed by atoms with Gasteiger partial charge < -0.3 is 10.2 Å². The van der Waals surface area contributed by atoms with Crippen LogP contribution in [0.5, 0.6) is 0 Å². The Labute approximate surface area is 245 Å². The number of nitrogens with one attached hydrogen (secondary N) is 1. The molecule has 1 N–H and O–H groups in total. The lowest BCUT2D eigenvalue weighted by Gasteiger charge is -2.34. The van der Waals surface area contributed by atoms with E-state index in [0.717, 1.165) is 28.8 Å². The number of sulfonamides is 1. The molecule has 2 amide bonds. The van der Waals surface area contributed by atoms with Crippen LogP contribution >= 0.6 is 0 Å². The maximum atomic E-state index is 14.0. The van der Waals surface area contributed by atoms with Crippen molar-refractivity contribution in [2.45, 2.75) is 70.7 Å². The van der Waals surface area contributed by atoms with Crippen LogP contribution in [-0.2, 0) is 32.3 Å². The maximum Gasteiger partial charge on any atom is 0.416 e. The Morgan fingerprint density at radius 3 is 2.10 bits per heavy atom. The van der Waals surface area contributed by atoms with Crippen molar-refractivity contribution in [3.63, 3.8) is 0 Å². The molecule has 0 saturated heterocycles. The molecular formula is C31H36F3N3O4S. The van der Waals surface area contributed by atoms with Crippen LogP contribution < -0.4 is 9.62 Å². The minimum Gasteiger partial charge on any atom is -0.350 e. The SMILES string of the molecule is Cc1ccc(S(=O)(=O)N(CC(=O)N(Cc2ccccc2C)C(C)C(=O)NC(C)(C)C)c2cccc(C(F)(F)F)c2)cc1. The summed E-state index contributed by atoms with van der Waals surface area (Å²) in [4.78, 5) is 28.2. The Morgan fingerprint density at radius 1 is 0.905 bits per heavy atom. The molecule has 7 nitrogen and oxygen atoms in total. The largest absolute Gasteiger partial charge is 0.416 e. The van der Waals surface area contributed by atoms with Crippen molar-refractivity contribution in [2.75, 3.05) is 10.8 Å². The summed E-state index contributed by atoms with van der Waals surface area (Å²) in [5, 5.41) is 2.84. The molecule has 0 aromatic heterocycles. The fourth-order valence-electron chi connectivity index (χ4n) is 4.23. The predicted molar refractivity (Wildman–Crippen MR) is 156 cm³/mol. The molecule has 0 fully saturated rings. The van der Waals surface area contributed by atoms with Gasteiger partial charge in [-0.2, -0.15) is 13.2 Å². The Kier molecular flexibility index (Phi) is 9.77. The zero-order valence-electron chi connectivity index (χ0n) is 24.5. The summed E-state index contributed by atoms with van der Waals surface area (Å²) < 4.78 is 69.2. The number of anilines is 1. The summed E-state index contributed by atoms with van der Waals surface area (Å²) in [5.74, 6) is -1.22. The molecule has 0 spiro atoms. The first-order valence-corrected chi connectivity index (χ1v) is 14.8. The highest BCUT2D eigenvalue weighted by Gasteiger charge is 2.35. The van der Waals surface area contributed by atoms with E-state index in [2.05, 4.69) is 5.32 Å². The van der Waals surface area contributed by atoms with E-state index in [-0.39, 0.29) is 17.1 Å². The topological polar surface area (TPSA) is 86.8 Å². The van der Waals surface area contributed by atoms with Gasteiger partial charge in [-0.3, -0.25) is 13.9 Å². The average Bonchev–Trinajstić information content (AvgIpc) is 2.89. The maximum absolute atomic E-state index is 14.0. The van der Waals surface area contributed by atoms with Gasteiger partial charge in [-0.25, -0.2) is 8.42 Å². The third kappa shape index (κ3) is 8.12. The Balaban J connectivity index is 2.11. The second kappa shape index (κ2) is 12.6. The van der Waals surface area contributed by atoms with E-state index in [1.165, 1.54) is 30.0 Å². The van der Waals surface area contributed by atoms with E-state index in [1.54, 1.807) is 52.0 Å². The average molecular weight is 604 g/mol. The van der Waals surface area contributed by atoms with E-state index in [1.807, 2.05) is 19.1 Å². The standard InChI is InChI=1S/C31H36F3N3O4S/c1-21-14-16-27(17-15-21)42(40,41)37(26-13-9-12-25(18-26)31(32,33)34)20-28(38)36(19-24-11-8-7-10-22(24)2)23(3)29(39)35-30(4,5)6/h7-18,23H,19-20H2,1-6H3,(H,35,39). The summed E-state index contributed by atoms with van der Waals surface area (Å²) in [6.45, 7) is 9.63. The quantitative estimate of drug-likeness (QED) is 0.333. The van der Waals surface area contributed by atoms with Crippen molar-refractivity contribution in [2.24, 2.45) is 0 Å².